The predicted molar refractivity (Wildman–Crippen MR) is 71.7 cm³/mol. The molecule has 0 aromatic heterocycles. The number of cyclic esters (lactones) is 1. The normalized spacial score (nSPS) is 22.4. The summed E-state index contributed by atoms with van der Waals surface area (Å²) in [7, 11) is 0. The molecule has 2 aliphatic rings. The van der Waals surface area contributed by atoms with Gasteiger partial charge in [0.05, 0.1) is 0 Å². The molecule has 0 atom stereocenters. The van der Waals surface area contributed by atoms with E-state index in [-0.39, 0.29) is 5.97 Å². The van der Waals surface area contributed by atoms with Crippen LogP contribution < -0.4 is 0 Å². The van der Waals surface area contributed by atoms with Gasteiger partial charge in [-0.1, -0.05) is 33.1 Å². The fourth-order valence-corrected chi connectivity index (χ4v) is 2.86. The molecule has 1 aliphatic carbocycles. The number of rotatable bonds is 5. The molecule has 1 spiro atoms. The van der Waals surface area contributed by atoms with E-state index in [0.29, 0.717) is 5.90 Å². The largest absolute Gasteiger partial charge is 0.410 e. The minimum atomic E-state index is -0.503. The molecule has 0 amide bonds. The second-order valence-electron chi connectivity index (χ2n) is 5.26. The van der Waals surface area contributed by atoms with Gasteiger partial charge in [-0.15, -0.1) is 0 Å². The van der Waals surface area contributed by atoms with E-state index in [1.165, 1.54) is 6.42 Å². The summed E-state index contributed by atoms with van der Waals surface area (Å²) in [5, 5.41) is 0. The number of aliphatic imine (C=N–C) groups is 1. The highest BCUT2D eigenvalue weighted by Gasteiger charge is 2.46. The maximum atomic E-state index is 12.0. The van der Waals surface area contributed by atoms with Crippen LogP contribution in [0.2, 0.25) is 0 Å². The lowest BCUT2D eigenvalue weighted by Crippen LogP contribution is -2.35. The summed E-state index contributed by atoms with van der Waals surface area (Å²) in [6, 6.07) is 0. The van der Waals surface area contributed by atoms with E-state index in [4.69, 9.17) is 4.74 Å². The number of nitrogens with zero attached hydrogens (tertiary/aromatic N) is 2. The standard InChI is InChI=1S/C14H24N2O2/c1-3-16(4-2)11-8-12-15-14(13(17)18-12)9-6-5-7-10-14/h3-11H2,1-2H3. The van der Waals surface area contributed by atoms with Crippen molar-refractivity contribution in [2.24, 2.45) is 4.99 Å². The maximum Gasteiger partial charge on any atom is 0.340 e. The van der Waals surface area contributed by atoms with Gasteiger partial charge in [-0.2, -0.15) is 0 Å². The Morgan fingerprint density at radius 1 is 1.22 bits per heavy atom. The van der Waals surface area contributed by atoms with Gasteiger partial charge in [0.15, 0.2) is 11.4 Å². The molecule has 18 heavy (non-hydrogen) atoms. The summed E-state index contributed by atoms with van der Waals surface area (Å²) >= 11 is 0. The number of esters is 1. The Balaban J connectivity index is 1.94. The van der Waals surface area contributed by atoms with Crippen LogP contribution >= 0.6 is 0 Å². The molecule has 0 aromatic carbocycles. The van der Waals surface area contributed by atoms with E-state index in [1.807, 2.05) is 0 Å². The highest BCUT2D eigenvalue weighted by atomic mass is 16.6. The van der Waals surface area contributed by atoms with E-state index in [1.54, 1.807) is 0 Å². The van der Waals surface area contributed by atoms with E-state index in [2.05, 4.69) is 23.7 Å². The van der Waals surface area contributed by atoms with Crippen LogP contribution in [-0.4, -0.2) is 41.9 Å². The zero-order valence-corrected chi connectivity index (χ0v) is 11.6. The Morgan fingerprint density at radius 3 is 2.50 bits per heavy atom. The average Bonchev–Trinajstić information content (AvgIpc) is 2.68. The Labute approximate surface area is 109 Å². The van der Waals surface area contributed by atoms with Crippen LogP contribution in [0.3, 0.4) is 0 Å². The van der Waals surface area contributed by atoms with Crippen LogP contribution in [-0.2, 0) is 9.53 Å². The second kappa shape index (κ2) is 5.83. The first-order chi connectivity index (χ1) is 8.70. The van der Waals surface area contributed by atoms with Gasteiger partial charge >= 0.3 is 5.97 Å². The van der Waals surface area contributed by atoms with Crippen LogP contribution in [0.1, 0.15) is 52.4 Å². The van der Waals surface area contributed by atoms with Gasteiger partial charge < -0.3 is 9.64 Å². The van der Waals surface area contributed by atoms with Crippen molar-refractivity contribution in [3.63, 3.8) is 0 Å². The van der Waals surface area contributed by atoms with Crippen molar-refractivity contribution in [2.45, 2.75) is 57.9 Å². The molecule has 1 heterocycles. The number of hydrogen-bond acceptors (Lipinski definition) is 4. The van der Waals surface area contributed by atoms with Crippen LogP contribution in [0.25, 0.3) is 0 Å². The minimum absolute atomic E-state index is 0.100. The Bertz CT molecular complexity index is 329. The first-order valence-corrected chi connectivity index (χ1v) is 7.23. The lowest BCUT2D eigenvalue weighted by atomic mass is 9.83. The molecule has 0 unspecified atom stereocenters. The van der Waals surface area contributed by atoms with Crippen molar-refractivity contribution in [2.75, 3.05) is 19.6 Å². The molecule has 1 aliphatic heterocycles. The van der Waals surface area contributed by atoms with Crippen molar-refractivity contribution in [3.8, 4) is 0 Å². The second-order valence-corrected chi connectivity index (χ2v) is 5.26. The third-order valence-electron chi connectivity index (χ3n) is 4.15. The van der Waals surface area contributed by atoms with Crippen molar-refractivity contribution < 1.29 is 9.53 Å². The first kappa shape index (κ1) is 13.5. The Kier molecular flexibility index (Phi) is 4.38. The minimum Gasteiger partial charge on any atom is -0.410 e. The summed E-state index contributed by atoms with van der Waals surface area (Å²) < 4.78 is 5.38. The highest BCUT2D eigenvalue weighted by molar-refractivity contribution is 6.00. The number of hydrogen-bond donors (Lipinski definition) is 0. The molecule has 1 saturated carbocycles. The molecule has 4 heteroatoms. The highest BCUT2D eigenvalue weighted by Crippen LogP contribution is 2.36. The van der Waals surface area contributed by atoms with Crippen LogP contribution in [0, 0.1) is 0 Å². The number of carbonyl (C=O) groups excluding carboxylic acids is 1. The maximum absolute atomic E-state index is 12.0. The molecule has 102 valence electrons. The van der Waals surface area contributed by atoms with Gasteiger partial charge in [0.2, 0.25) is 0 Å². The van der Waals surface area contributed by atoms with E-state index in [0.717, 1.165) is 51.7 Å². The predicted octanol–water partition coefficient (Wildman–Crippen LogP) is 2.38. The zero-order chi connectivity index (χ0) is 13.0. The SMILES string of the molecule is CCN(CC)CCC1=NC2(CCCCC2)C(=O)O1. The van der Waals surface area contributed by atoms with E-state index < -0.39 is 5.54 Å². The molecular formula is C14H24N2O2. The van der Waals surface area contributed by atoms with Gasteiger partial charge in [-0.3, -0.25) is 0 Å². The van der Waals surface area contributed by atoms with Crippen molar-refractivity contribution in [3.05, 3.63) is 0 Å². The molecule has 0 saturated heterocycles. The smallest absolute Gasteiger partial charge is 0.340 e. The molecular weight excluding hydrogens is 228 g/mol. The zero-order valence-electron chi connectivity index (χ0n) is 11.6. The van der Waals surface area contributed by atoms with Crippen molar-refractivity contribution in [1.82, 2.24) is 4.90 Å². The third-order valence-corrected chi connectivity index (χ3v) is 4.15. The Morgan fingerprint density at radius 2 is 1.89 bits per heavy atom. The molecule has 2 rings (SSSR count). The average molecular weight is 252 g/mol. The van der Waals surface area contributed by atoms with Crippen molar-refractivity contribution in [1.29, 1.82) is 0 Å². The van der Waals surface area contributed by atoms with E-state index in [9.17, 15) is 4.79 Å². The summed E-state index contributed by atoms with van der Waals surface area (Å²) in [6.45, 7) is 7.28. The molecule has 1 fully saturated rings. The van der Waals surface area contributed by atoms with Crippen molar-refractivity contribution >= 4 is 11.9 Å². The third kappa shape index (κ3) is 2.74. The van der Waals surface area contributed by atoms with Crippen LogP contribution in [0.5, 0.6) is 0 Å². The van der Waals surface area contributed by atoms with Gasteiger partial charge in [0, 0.05) is 13.0 Å². The monoisotopic (exact) mass is 252 g/mol. The van der Waals surface area contributed by atoms with Gasteiger partial charge in [-0.05, 0) is 25.9 Å². The fourth-order valence-electron chi connectivity index (χ4n) is 2.86. The van der Waals surface area contributed by atoms with E-state index >= 15 is 0 Å². The fraction of sp³-hybridized carbons (Fsp3) is 0.857. The Hall–Kier alpha value is -0.900. The van der Waals surface area contributed by atoms with Gasteiger partial charge in [-0.25, -0.2) is 9.79 Å². The molecule has 0 aromatic rings. The molecule has 0 bridgehead atoms. The van der Waals surface area contributed by atoms with Gasteiger partial charge in [0.25, 0.3) is 0 Å². The first-order valence-electron chi connectivity index (χ1n) is 7.23. The topological polar surface area (TPSA) is 41.9 Å². The number of ether oxygens (including phenoxy) is 1. The molecule has 0 N–H and O–H groups in total. The quantitative estimate of drug-likeness (QED) is 0.705. The summed E-state index contributed by atoms with van der Waals surface area (Å²) in [4.78, 5) is 18.9. The summed E-state index contributed by atoms with van der Waals surface area (Å²) in [6.07, 6.45) is 5.93. The van der Waals surface area contributed by atoms with Crippen LogP contribution in [0.4, 0.5) is 0 Å². The lowest BCUT2D eigenvalue weighted by molar-refractivity contribution is -0.140. The van der Waals surface area contributed by atoms with Crippen LogP contribution in [0.15, 0.2) is 4.99 Å². The lowest BCUT2D eigenvalue weighted by Gasteiger charge is -2.25. The molecule has 0 radical (unpaired) electrons. The van der Waals surface area contributed by atoms with Gasteiger partial charge in [0.1, 0.15) is 0 Å². The number of carbonyl (C=O) groups is 1. The summed E-state index contributed by atoms with van der Waals surface area (Å²) in [5.74, 6) is 0.561. The summed E-state index contributed by atoms with van der Waals surface area (Å²) in [5.41, 5.74) is -0.503. The molecule has 4 nitrogen and oxygen atoms in total.